The van der Waals surface area contributed by atoms with Crippen LogP contribution in [-0.2, 0) is 4.79 Å². The molecule has 0 aliphatic heterocycles. The minimum Gasteiger partial charge on any atom is -0.480 e. The Morgan fingerprint density at radius 1 is 1.44 bits per heavy atom. The van der Waals surface area contributed by atoms with Crippen LogP contribution in [-0.4, -0.2) is 28.8 Å². The second-order valence-corrected chi connectivity index (χ2v) is 4.46. The molecule has 18 heavy (non-hydrogen) atoms. The van der Waals surface area contributed by atoms with Gasteiger partial charge in [-0.3, -0.25) is 9.59 Å². The Balaban J connectivity index is 2.86. The van der Waals surface area contributed by atoms with Crippen molar-refractivity contribution < 1.29 is 14.7 Å². The van der Waals surface area contributed by atoms with Gasteiger partial charge in [0, 0.05) is 16.2 Å². The van der Waals surface area contributed by atoms with Gasteiger partial charge in [-0.1, -0.05) is 0 Å². The average Bonchev–Trinajstić information content (AvgIpc) is 2.35. The number of carboxylic acid groups (broad SMARTS) is 1. The van der Waals surface area contributed by atoms with E-state index in [1.165, 1.54) is 18.2 Å². The van der Waals surface area contributed by atoms with E-state index in [-0.39, 0.29) is 17.0 Å². The summed E-state index contributed by atoms with van der Waals surface area (Å²) in [4.78, 5) is 32.5. The number of thioether (sulfide) groups is 1. The van der Waals surface area contributed by atoms with Crippen molar-refractivity contribution in [1.82, 2.24) is 0 Å². The number of nitrogens with two attached hydrogens (primary N) is 2. The van der Waals surface area contributed by atoms with Gasteiger partial charge in [-0.15, -0.1) is 16.7 Å². The lowest BCUT2D eigenvalue weighted by atomic mass is 10.2. The molecule has 0 heterocycles. The van der Waals surface area contributed by atoms with Gasteiger partial charge in [0.1, 0.15) is 11.7 Å². The van der Waals surface area contributed by atoms with E-state index in [0.29, 0.717) is 4.90 Å². The van der Waals surface area contributed by atoms with Gasteiger partial charge < -0.3 is 16.6 Å². The molecule has 0 aromatic heterocycles. The van der Waals surface area contributed by atoms with Gasteiger partial charge in [-0.05, 0) is 23.4 Å². The van der Waals surface area contributed by atoms with Gasteiger partial charge in [0.2, 0.25) is 5.91 Å². The van der Waals surface area contributed by atoms with Gasteiger partial charge in [0.15, 0.2) is 0 Å². The Morgan fingerprint density at radius 3 is 2.61 bits per heavy atom. The molecule has 0 bridgehead atoms. The number of carboxylic acids is 1. The van der Waals surface area contributed by atoms with Gasteiger partial charge in [-0.2, -0.15) is 0 Å². The third kappa shape index (κ3) is 3.54. The number of nitroso groups, excluding NO2 is 1. The molecule has 0 aliphatic carbocycles. The number of aliphatic carboxylic acids is 1. The van der Waals surface area contributed by atoms with Crippen LogP contribution in [0.1, 0.15) is 10.4 Å². The first-order valence-corrected chi connectivity index (χ1v) is 5.82. The molecule has 0 fully saturated rings. The van der Waals surface area contributed by atoms with E-state index in [0.717, 1.165) is 11.8 Å². The van der Waals surface area contributed by atoms with Crippen molar-refractivity contribution in [3.8, 4) is 0 Å². The number of benzene rings is 1. The average molecular weight is 269 g/mol. The van der Waals surface area contributed by atoms with Crippen molar-refractivity contribution >= 4 is 29.3 Å². The van der Waals surface area contributed by atoms with Crippen molar-refractivity contribution in [1.29, 1.82) is 0 Å². The van der Waals surface area contributed by atoms with Crippen LogP contribution in [0.2, 0.25) is 0 Å². The number of rotatable bonds is 6. The molecule has 8 heteroatoms. The summed E-state index contributed by atoms with van der Waals surface area (Å²) in [5.41, 5.74) is 10.6. The fourth-order valence-corrected chi connectivity index (χ4v) is 2.02. The van der Waals surface area contributed by atoms with Crippen molar-refractivity contribution in [3.05, 3.63) is 28.7 Å². The van der Waals surface area contributed by atoms with Crippen LogP contribution in [0.15, 0.2) is 28.3 Å². The summed E-state index contributed by atoms with van der Waals surface area (Å²) in [5.74, 6) is -1.70. The zero-order valence-electron chi connectivity index (χ0n) is 9.20. The van der Waals surface area contributed by atoms with Crippen LogP contribution in [0.5, 0.6) is 0 Å². The molecule has 0 saturated carbocycles. The Morgan fingerprint density at radius 2 is 2.11 bits per heavy atom. The lowest BCUT2D eigenvalue weighted by Gasteiger charge is -2.07. The SMILES string of the molecule is NC(=O)c1ccc(SCC(N)C(=O)O)c(N=O)c1. The molecule has 0 saturated heterocycles. The highest BCUT2D eigenvalue weighted by Gasteiger charge is 2.14. The number of carbonyl (C=O) groups is 2. The molecule has 5 N–H and O–H groups in total. The Bertz CT molecular complexity index is 492. The fraction of sp³-hybridized carbons (Fsp3) is 0.200. The molecule has 0 spiro atoms. The smallest absolute Gasteiger partial charge is 0.321 e. The standard InChI is InChI=1S/C10H11N3O4S/c11-6(10(15)16)4-18-8-2-1-5(9(12)14)3-7(8)13-17/h1-3,6H,4,11H2,(H2,12,14)(H,15,16). The van der Waals surface area contributed by atoms with Crippen LogP contribution in [0, 0.1) is 4.91 Å². The molecular formula is C10H11N3O4S. The largest absolute Gasteiger partial charge is 0.480 e. The molecule has 1 unspecified atom stereocenters. The number of hydrogen-bond donors (Lipinski definition) is 3. The normalized spacial score (nSPS) is 11.8. The monoisotopic (exact) mass is 269 g/mol. The Kier molecular flexibility index (Phi) is 4.81. The zero-order chi connectivity index (χ0) is 13.7. The van der Waals surface area contributed by atoms with Crippen LogP contribution < -0.4 is 11.5 Å². The van der Waals surface area contributed by atoms with Gasteiger partial charge in [-0.25, -0.2) is 0 Å². The number of carbonyl (C=O) groups excluding carboxylic acids is 1. The highest BCUT2D eigenvalue weighted by atomic mass is 32.2. The van der Waals surface area contributed by atoms with E-state index < -0.39 is 17.9 Å². The van der Waals surface area contributed by atoms with E-state index in [1.807, 2.05) is 0 Å². The van der Waals surface area contributed by atoms with Crippen molar-refractivity contribution in [2.75, 3.05) is 5.75 Å². The third-order valence-corrected chi connectivity index (χ3v) is 3.26. The maximum Gasteiger partial charge on any atom is 0.321 e. The van der Waals surface area contributed by atoms with E-state index >= 15 is 0 Å². The number of amides is 1. The third-order valence-electron chi connectivity index (χ3n) is 2.08. The highest BCUT2D eigenvalue weighted by Crippen LogP contribution is 2.30. The Labute approximate surface area is 107 Å². The van der Waals surface area contributed by atoms with E-state index in [9.17, 15) is 14.5 Å². The van der Waals surface area contributed by atoms with E-state index in [2.05, 4.69) is 5.18 Å². The van der Waals surface area contributed by atoms with Gasteiger partial charge in [0.25, 0.3) is 0 Å². The number of primary amides is 1. The van der Waals surface area contributed by atoms with Crippen molar-refractivity contribution in [3.63, 3.8) is 0 Å². The van der Waals surface area contributed by atoms with Crippen LogP contribution >= 0.6 is 11.8 Å². The molecule has 7 nitrogen and oxygen atoms in total. The molecule has 1 rings (SSSR count). The molecule has 1 atom stereocenters. The summed E-state index contributed by atoms with van der Waals surface area (Å²) in [6.07, 6.45) is 0. The minimum absolute atomic E-state index is 0.0360. The first-order valence-electron chi connectivity index (χ1n) is 4.84. The molecule has 0 aliphatic rings. The minimum atomic E-state index is -1.13. The predicted octanol–water partition coefficient (Wildman–Crippen LogP) is 0.687. The molecule has 0 radical (unpaired) electrons. The fourth-order valence-electron chi connectivity index (χ4n) is 1.11. The van der Waals surface area contributed by atoms with Crippen LogP contribution in [0.4, 0.5) is 5.69 Å². The summed E-state index contributed by atoms with van der Waals surface area (Å²) in [7, 11) is 0. The van der Waals surface area contributed by atoms with Crippen molar-refractivity contribution in [2.24, 2.45) is 16.6 Å². The predicted molar refractivity (Wildman–Crippen MR) is 66.8 cm³/mol. The summed E-state index contributed by atoms with van der Waals surface area (Å²) in [5, 5.41) is 11.4. The number of nitrogens with zero attached hydrogens (tertiary/aromatic N) is 1. The van der Waals surface area contributed by atoms with E-state index in [1.54, 1.807) is 0 Å². The molecule has 96 valence electrons. The molecule has 1 amide bonds. The Hall–Kier alpha value is -1.93. The first kappa shape index (κ1) is 14.1. The molecule has 1 aromatic rings. The lowest BCUT2D eigenvalue weighted by molar-refractivity contribution is -0.137. The van der Waals surface area contributed by atoms with E-state index in [4.69, 9.17) is 16.6 Å². The maximum atomic E-state index is 10.9. The zero-order valence-corrected chi connectivity index (χ0v) is 10.0. The lowest BCUT2D eigenvalue weighted by Crippen LogP contribution is -2.32. The summed E-state index contributed by atoms with van der Waals surface area (Å²) >= 11 is 1.08. The van der Waals surface area contributed by atoms with Crippen LogP contribution in [0.25, 0.3) is 0 Å². The van der Waals surface area contributed by atoms with Gasteiger partial charge >= 0.3 is 5.97 Å². The first-order chi connectivity index (χ1) is 8.45. The quantitative estimate of drug-likeness (QED) is 0.513. The van der Waals surface area contributed by atoms with Gasteiger partial charge in [0.05, 0.1) is 0 Å². The molecule has 1 aromatic carbocycles. The van der Waals surface area contributed by atoms with Crippen LogP contribution in [0.3, 0.4) is 0 Å². The second-order valence-electron chi connectivity index (χ2n) is 3.39. The topological polar surface area (TPSA) is 136 Å². The summed E-state index contributed by atoms with van der Waals surface area (Å²) in [6.45, 7) is 0. The summed E-state index contributed by atoms with van der Waals surface area (Å²) < 4.78 is 0. The summed E-state index contributed by atoms with van der Waals surface area (Å²) in [6, 6.07) is 3.14. The number of hydrogen-bond acceptors (Lipinski definition) is 6. The van der Waals surface area contributed by atoms with Crippen molar-refractivity contribution in [2.45, 2.75) is 10.9 Å². The second kappa shape index (κ2) is 6.12. The maximum absolute atomic E-state index is 10.9. The highest BCUT2D eigenvalue weighted by molar-refractivity contribution is 7.99. The molecular weight excluding hydrogens is 258 g/mol.